The molecule has 1 N–H and O–H groups in total. The molecule has 0 heterocycles. The van der Waals surface area contributed by atoms with E-state index in [4.69, 9.17) is 0 Å². The highest BCUT2D eigenvalue weighted by atomic mass is 32.2. The highest BCUT2D eigenvalue weighted by Crippen LogP contribution is 2.20. The van der Waals surface area contributed by atoms with Crippen LogP contribution >= 0.6 is 0 Å². The van der Waals surface area contributed by atoms with Crippen LogP contribution in [0.25, 0.3) is 0 Å². The first-order valence-corrected chi connectivity index (χ1v) is 6.68. The van der Waals surface area contributed by atoms with Crippen molar-refractivity contribution in [3.8, 4) is 0 Å². The summed E-state index contributed by atoms with van der Waals surface area (Å²) in [5.41, 5.74) is 0. The molecule has 0 fully saturated rings. The fourth-order valence-corrected chi connectivity index (χ4v) is 3.20. The Balaban J connectivity index is 3.15. The quantitative estimate of drug-likeness (QED) is 0.798. The molecule has 0 radical (unpaired) electrons. The minimum atomic E-state index is -3.53. The van der Waals surface area contributed by atoms with Crippen molar-refractivity contribution in [2.24, 2.45) is 0 Å². The summed E-state index contributed by atoms with van der Waals surface area (Å²) in [4.78, 5) is 0.215. The van der Waals surface area contributed by atoms with E-state index in [0.29, 0.717) is 6.42 Å². The van der Waals surface area contributed by atoms with Gasteiger partial charge in [-0.15, -0.1) is 6.58 Å². The molecular weight excluding hydrogens is 224 g/mol. The van der Waals surface area contributed by atoms with Gasteiger partial charge in [0.2, 0.25) is 0 Å². The summed E-state index contributed by atoms with van der Waals surface area (Å²) in [6.07, 6.45) is 0.752. The van der Waals surface area contributed by atoms with Crippen molar-refractivity contribution in [2.45, 2.75) is 29.6 Å². The lowest BCUT2D eigenvalue weighted by molar-refractivity contribution is 0.176. The summed E-state index contributed by atoms with van der Waals surface area (Å²) in [6.45, 7) is 5.22. The van der Waals surface area contributed by atoms with Gasteiger partial charge < -0.3 is 5.11 Å². The molecule has 0 aromatic heterocycles. The molecule has 4 heteroatoms. The van der Waals surface area contributed by atoms with Crippen LogP contribution < -0.4 is 0 Å². The molecule has 3 nitrogen and oxygen atoms in total. The van der Waals surface area contributed by atoms with Crippen LogP contribution in [-0.2, 0) is 9.84 Å². The zero-order valence-electron chi connectivity index (χ0n) is 9.20. The van der Waals surface area contributed by atoms with Crippen LogP contribution in [0.2, 0.25) is 0 Å². The Morgan fingerprint density at radius 1 is 1.38 bits per heavy atom. The molecule has 0 saturated heterocycles. The van der Waals surface area contributed by atoms with Crippen LogP contribution in [0.1, 0.15) is 13.3 Å². The topological polar surface area (TPSA) is 54.4 Å². The van der Waals surface area contributed by atoms with Crippen molar-refractivity contribution in [2.75, 3.05) is 0 Å². The maximum absolute atomic E-state index is 12.1. The average Bonchev–Trinajstić information content (AvgIpc) is 2.30. The molecule has 16 heavy (non-hydrogen) atoms. The molecule has 1 aromatic rings. The second-order valence-corrected chi connectivity index (χ2v) is 5.64. The second kappa shape index (κ2) is 5.27. The fourth-order valence-electron chi connectivity index (χ4n) is 1.49. The number of hydrogen-bond acceptors (Lipinski definition) is 3. The van der Waals surface area contributed by atoms with Gasteiger partial charge in [-0.1, -0.05) is 31.2 Å². The van der Waals surface area contributed by atoms with Gasteiger partial charge in [-0.05, 0) is 18.6 Å². The maximum Gasteiger partial charge on any atom is 0.187 e. The van der Waals surface area contributed by atoms with Crippen molar-refractivity contribution in [1.29, 1.82) is 0 Å². The van der Waals surface area contributed by atoms with Crippen LogP contribution in [-0.4, -0.2) is 24.9 Å². The Bertz CT molecular complexity index is 437. The number of benzene rings is 1. The molecule has 0 saturated carbocycles. The van der Waals surface area contributed by atoms with Crippen molar-refractivity contribution < 1.29 is 13.5 Å². The average molecular weight is 240 g/mol. The Morgan fingerprint density at radius 2 is 1.94 bits per heavy atom. The van der Waals surface area contributed by atoms with Crippen molar-refractivity contribution >= 4 is 9.84 Å². The minimum Gasteiger partial charge on any atom is -0.391 e. The molecule has 1 rings (SSSR count). The van der Waals surface area contributed by atoms with E-state index in [9.17, 15) is 13.5 Å². The molecular formula is C12H16O3S. The number of hydrogen-bond donors (Lipinski definition) is 1. The summed E-state index contributed by atoms with van der Waals surface area (Å²) < 4.78 is 24.3. The van der Waals surface area contributed by atoms with Gasteiger partial charge in [-0.3, -0.25) is 0 Å². The molecule has 88 valence electrons. The van der Waals surface area contributed by atoms with Crippen LogP contribution in [0.15, 0.2) is 47.9 Å². The number of aliphatic hydroxyl groups is 1. The molecule has 2 atom stereocenters. The van der Waals surface area contributed by atoms with Crippen LogP contribution in [0.4, 0.5) is 0 Å². The minimum absolute atomic E-state index is 0.215. The molecule has 2 unspecified atom stereocenters. The molecule has 1 aromatic carbocycles. The number of aliphatic hydroxyl groups excluding tert-OH is 1. The lowest BCUT2D eigenvalue weighted by Gasteiger charge is -2.18. The van der Waals surface area contributed by atoms with E-state index in [2.05, 4.69) is 6.58 Å². The van der Waals surface area contributed by atoms with Crippen LogP contribution in [0, 0.1) is 0 Å². The van der Waals surface area contributed by atoms with E-state index in [0.717, 1.165) is 0 Å². The first kappa shape index (κ1) is 12.9. The van der Waals surface area contributed by atoms with Gasteiger partial charge in [-0.25, -0.2) is 8.42 Å². The maximum atomic E-state index is 12.1. The molecule has 0 bridgehead atoms. The van der Waals surface area contributed by atoms with Gasteiger partial charge in [0.1, 0.15) is 5.25 Å². The Kier molecular flexibility index (Phi) is 4.26. The van der Waals surface area contributed by atoms with Gasteiger partial charge >= 0.3 is 0 Å². The lowest BCUT2D eigenvalue weighted by Crippen LogP contribution is -2.31. The largest absolute Gasteiger partial charge is 0.391 e. The Hall–Kier alpha value is -1.13. The predicted octanol–water partition coefficient (Wildman–Crippen LogP) is 1.79. The molecule has 0 aliphatic carbocycles. The van der Waals surface area contributed by atoms with Crippen LogP contribution in [0.3, 0.4) is 0 Å². The summed E-state index contributed by atoms with van der Waals surface area (Å²) in [7, 11) is -3.53. The normalized spacial score (nSPS) is 15.4. The number of rotatable bonds is 5. The molecule has 0 aliphatic heterocycles. The third kappa shape index (κ3) is 2.51. The van der Waals surface area contributed by atoms with E-state index < -0.39 is 21.2 Å². The lowest BCUT2D eigenvalue weighted by atomic mass is 10.2. The van der Waals surface area contributed by atoms with Gasteiger partial charge in [0, 0.05) is 0 Å². The van der Waals surface area contributed by atoms with Gasteiger partial charge in [-0.2, -0.15) is 0 Å². The monoisotopic (exact) mass is 240 g/mol. The van der Waals surface area contributed by atoms with Crippen molar-refractivity contribution in [1.82, 2.24) is 0 Å². The summed E-state index contributed by atoms with van der Waals surface area (Å²) in [5, 5.41) is 8.72. The predicted molar refractivity (Wildman–Crippen MR) is 63.9 cm³/mol. The fraction of sp³-hybridized carbons (Fsp3) is 0.333. The summed E-state index contributed by atoms with van der Waals surface area (Å²) in [5.74, 6) is 0. The van der Waals surface area contributed by atoms with E-state index in [-0.39, 0.29) is 4.90 Å². The second-order valence-electron chi connectivity index (χ2n) is 3.53. The van der Waals surface area contributed by atoms with E-state index in [1.54, 1.807) is 25.1 Å². The standard InChI is InChI=1S/C12H16O3S/c1-3-11(13)12(4-2)16(14,15)10-8-6-5-7-9-10/h4-9,11-13H,2-3H2,1H3. The Morgan fingerprint density at radius 3 is 2.38 bits per heavy atom. The molecule has 0 aliphatic rings. The summed E-state index contributed by atoms with van der Waals surface area (Å²) in [6, 6.07) is 8.11. The zero-order valence-corrected chi connectivity index (χ0v) is 10.0. The Labute approximate surface area is 96.4 Å². The van der Waals surface area contributed by atoms with Gasteiger partial charge in [0.25, 0.3) is 0 Å². The highest BCUT2D eigenvalue weighted by molar-refractivity contribution is 7.92. The van der Waals surface area contributed by atoms with Gasteiger partial charge in [0.15, 0.2) is 9.84 Å². The third-order valence-electron chi connectivity index (χ3n) is 2.46. The molecule has 0 amide bonds. The first-order valence-electron chi connectivity index (χ1n) is 5.13. The molecule has 0 spiro atoms. The highest BCUT2D eigenvalue weighted by Gasteiger charge is 2.29. The van der Waals surface area contributed by atoms with Crippen LogP contribution in [0.5, 0.6) is 0 Å². The van der Waals surface area contributed by atoms with Crippen molar-refractivity contribution in [3.63, 3.8) is 0 Å². The number of sulfone groups is 1. The first-order chi connectivity index (χ1) is 7.54. The van der Waals surface area contributed by atoms with Crippen molar-refractivity contribution in [3.05, 3.63) is 43.0 Å². The summed E-state index contributed by atoms with van der Waals surface area (Å²) >= 11 is 0. The van der Waals surface area contributed by atoms with Gasteiger partial charge in [0.05, 0.1) is 11.0 Å². The zero-order chi connectivity index (χ0) is 12.2. The van der Waals surface area contributed by atoms with E-state index in [1.807, 2.05) is 0 Å². The smallest absolute Gasteiger partial charge is 0.187 e. The SMILES string of the molecule is C=CC(C(O)CC)S(=O)(=O)c1ccccc1. The third-order valence-corrected chi connectivity index (χ3v) is 4.61. The van der Waals surface area contributed by atoms with E-state index >= 15 is 0 Å². The van der Waals surface area contributed by atoms with E-state index in [1.165, 1.54) is 18.2 Å².